The second-order valence-corrected chi connectivity index (χ2v) is 22.2. The zero-order chi connectivity index (χ0) is 38.8. The normalized spacial score (nSPS) is 17.0. The number of nitrogens with one attached hydrogen (secondary N) is 2. The first-order valence-electron chi connectivity index (χ1n) is 17.5. The van der Waals surface area contributed by atoms with Gasteiger partial charge in [0.2, 0.25) is 5.60 Å². The van der Waals surface area contributed by atoms with E-state index in [1.54, 1.807) is 65.2 Å². The Kier molecular flexibility index (Phi) is 9.66. The Morgan fingerprint density at radius 1 is 0.942 bits per heavy atom. The standard InChI is InChI=1S/C38H50N4O9Si/c1-13-38(49-28(43)18-39-33(46)50-35(2,3)4)25-17-27-29-23(19-42(27)31(44)24(25)20-48-32(38)45)30(52(11,12)37(8,9)10)22-16-21(14-15-26(22)41-29)40-34(47)51-36(5,6)7/h14-17H,13,18-20H2,1-12H3,(H,39,46)(H,40,47). The summed E-state index contributed by atoms with van der Waals surface area (Å²) in [7, 11) is -2.39. The molecule has 52 heavy (non-hydrogen) atoms. The van der Waals surface area contributed by atoms with Gasteiger partial charge in [-0.3, -0.25) is 14.9 Å². The third kappa shape index (κ3) is 7.17. The number of pyridine rings is 2. The first-order chi connectivity index (χ1) is 23.9. The van der Waals surface area contributed by atoms with Gasteiger partial charge in [-0.25, -0.2) is 19.4 Å². The lowest BCUT2D eigenvalue weighted by Gasteiger charge is -2.39. The number of rotatable bonds is 6. The molecule has 13 nitrogen and oxygen atoms in total. The zero-order valence-electron chi connectivity index (χ0n) is 32.2. The fourth-order valence-electron chi connectivity index (χ4n) is 6.51. The maximum Gasteiger partial charge on any atom is 0.412 e. The van der Waals surface area contributed by atoms with E-state index in [9.17, 15) is 24.0 Å². The maximum atomic E-state index is 14.3. The van der Waals surface area contributed by atoms with Crippen LogP contribution in [0.15, 0.2) is 29.1 Å². The summed E-state index contributed by atoms with van der Waals surface area (Å²) in [6, 6.07) is 7.23. The number of hydrogen-bond donors (Lipinski definition) is 2. The number of anilines is 1. The van der Waals surface area contributed by atoms with Crippen LogP contribution in [-0.4, -0.2) is 59.5 Å². The Bertz CT molecular complexity index is 2050. The van der Waals surface area contributed by atoms with E-state index < -0.39 is 55.5 Å². The van der Waals surface area contributed by atoms with Gasteiger partial charge >= 0.3 is 24.1 Å². The molecule has 4 heterocycles. The van der Waals surface area contributed by atoms with Gasteiger partial charge in [0.05, 0.1) is 37.1 Å². The maximum absolute atomic E-state index is 14.3. The third-order valence-corrected chi connectivity index (χ3v) is 15.4. The van der Waals surface area contributed by atoms with Crippen molar-refractivity contribution in [1.29, 1.82) is 0 Å². The molecular weight excluding hydrogens is 685 g/mol. The summed E-state index contributed by atoms with van der Waals surface area (Å²) in [6.45, 7) is 22.7. The molecule has 0 fully saturated rings. The van der Waals surface area contributed by atoms with Crippen molar-refractivity contribution in [2.45, 2.75) is 124 Å². The van der Waals surface area contributed by atoms with Gasteiger partial charge in [-0.1, -0.05) is 40.8 Å². The molecule has 14 heteroatoms. The number of carbonyl (C=O) groups excluding carboxylic acids is 4. The zero-order valence-corrected chi connectivity index (χ0v) is 33.2. The molecule has 1 unspecified atom stereocenters. The van der Waals surface area contributed by atoms with Gasteiger partial charge in [-0.2, -0.15) is 0 Å². The van der Waals surface area contributed by atoms with E-state index in [1.165, 1.54) is 0 Å². The summed E-state index contributed by atoms with van der Waals surface area (Å²) in [5, 5.41) is 7.06. The van der Waals surface area contributed by atoms with Gasteiger partial charge in [-0.05, 0) is 88.0 Å². The van der Waals surface area contributed by atoms with Crippen molar-refractivity contribution in [3.63, 3.8) is 0 Å². The lowest BCUT2D eigenvalue weighted by atomic mass is 9.85. The summed E-state index contributed by atoms with van der Waals surface area (Å²) < 4.78 is 23.7. The number of ether oxygens (including phenoxy) is 4. The Balaban J connectivity index is 1.64. The monoisotopic (exact) mass is 734 g/mol. The molecule has 2 aromatic heterocycles. The molecule has 0 spiro atoms. The molecule has 2 aliphatic heterocycles. The number of hydrogen-bond acceptors (Lipinski definition) is 10. The molecule has 0 saturated carbocycles. The number of nitrogens with zero attached hydrogens (tertiary/aromatic N) is 2. The largest absolute Gasteiger partial charge is 0.457 e. The molecule has 5 rings (SSSR count). The number of esters is 2. The highest BCUT2D eigenvalue weighted by Gasteiger charge is 2.51. The number of fused-ring (bicyclic) bond motifs is 5. The third-order valence-electron chi connectivity index (χ3n) is 9.86. The lowest BCUT2D eigenvalue weighted by molar-refractivity contribution is -0.188. The topological polar surface area (TPSA) is 164 Å². The van der Waals surface area contributed by atoms with Gasteiger partial charge in [0.1, 0.15) is 24.4 Å². The SMILES string of the molecule is CCC1(OC(=O)CNC(=O)OC(C)(C)C)C(=O)OCc2c1cc1n(c2=O)Cc2c-1nc1ccc(NC(=O)OC(C)(C)C)cc1c2[Si](C)(C)C(C)(C)C. The number of cyclic esters (lactones) is 1. The van der Waals surface area contributed by atoms with Crippen molar-refractivity contribution in [1.82, 2.24) is 14.9 Å². The average molecular weight is 735 g/mol. The summed E-state index contributed by atoms with van der Waals surface area (Å²) in [5.41, 5.74) is -0.126. The van der Waals surface area contributed by atoms with Crippen LogP contribution in [0.25, 0.3) is 22.3 Å². The van der Waals surface area contributed by atoms with E-state index in [0.717, 1.165) is 16.1 Å². The minimum absolute atomic E-state index is 0.0272. The molecule has 0 aliphatic carbocycles. The molecule has 1 atom stereocenters. The molecular formula is C38H50N4O9Si. The van der Waals surface area contributed by atoms with Crippen LogP contribution >= 0.6 is 0 Å². The second kappa shape index (κ2) is 13.0. The van der Waals surface area contributed by atoms with Crippen LogP contribution < -0.4 is 21.4 Å². The Hall–Kier alpha value is -4.72. The fraction of sp³-hybridized carbons (Fsp3) is 0.526. The van der Waals surface area contributed by atoms with Crippen molar-refractivity contribution < 1.29 is 38.1 Å². The van der Waals surface area contributed by atoms with Crippen molar-refractivity contribution in [3.8, 4) is 11.4 Å². The van der Waals surface area contributed by atoms with Crippen LogP contribution in [0.1, 0.15) is 92.3 Å². The molecule has 0 radical (unpaired) electrons. The van der Waals surface area contributed by atoms with Gasteiger partial charge in [0.15, 0.2) is 0 Å². The Labute approximate surface area is 304 Å². The predicted octanol–water partition coefficient (Wildman–Crippen LogP) is 6.22. The minimum atomic E-state index is -2.39. The van der Waals surface area contributed by atoms with Gasteiger partial charge in [0, 0.05) is 16.6 Å². The molecule has 2 amide bonds. The van der Waals surface area contributed by atoms with Gasteiger partial charge in [-0.15, -0.1) is 0 Å². The molecule has 2 aliphatic rings. The second-order valence-electron chi connectivity index (χ2n) is 16.9. The molecule has 3 aromatic rings. The van der Waals surface area contributed by atoms with Crippen molar-refractivity contribution in [3.05, 3.63) is 51.3 Å². The average Bonchev–Trinajstić information content (AvgIpc) is 3.36. The quantitative estimate of drug-likeness (QED) is 0.132. The highest BCUT2D eigenvalue weighted by atomic mass is 28.3. The van der Waals surface area contributed by atoms with E-state index in [1.807, 2.05) is 12.1 Å². The molecule has 280 valence electrons. The number of amides is 2. The Morgan fingerprint density at radius 3 is 2.17 bits per heavy atom. The van der Waals surface area contributed by atoms with E-state index in [2.05, 4.69) is 44.5 Å². The Morgan fingerprint density at radius 2 is 1.58 bits per heavy atom. The van der Waals surface area contributed by atoms with E-state index in [4.69, 9.17) is 23.9 Å². The van der Waals surface area contributed by atoms with Crippen LogP contribution in [0.2, 0.25) is 18.1 Å². The summed E-state index contributed by atoms with van der Waals surface area (Å²) >= 11 is 0. The first kappa shape index (κ1) is 38.5. The number of carbonyl (C=O) groups is 4. The highest BCUT2D eigenvalue weighted by Crippen LogP contribution is 2.43. The molecule has 0 bridgehead atoms. The van der Waals surface area contributed by atoms with Crippen LogP contribution in [-0.2, 0) is 47.3 Å². The van der Waals surface area contributed by atoms with Crippen molar-refractivity contribution >= 4 is 54.0 Å². The van der Waals surface area contributed by atoms with E-state index in [-0.39, 0.29) is 41.3 Å². The molecule has 0 saturated heterocycles. The van der Waals surface area contributed by atoms with Crippen LogP contribution in [0, 0.1) is 0 Å². The van der Waals surface area contributed by atoms with E-state index in [0.29, 0.717) is 22.6 Å². The lowest BCUT2D eigenvalue weighted by Crippen LogP contribution is -2.51. The summed E-state index contributed by atoms with van der Waals surface area (Å²) in [6.07, 6.45) is -1.42. The van der Waals surface area contributed by atoms with E-state index >= 15 is 0 Å². The predicted molar refractivity (Wildman–Crippen MR) is 199 cm³/mol. The fourth-order valence-corrected chi connectivity index (χ4v) is 9.09. The number of alkyl carbamates (subject to hydrolysis) is 1. The molecule has 1 aromatic carbocycles. The van der Waals surface area contributed by atoms with Crippen molar-refractivity contribution in [2.24, 2.45) is 0 Å². The van der Waals surface area contributed by atoms with Gasteiger partial charge in [0.25, 0.3) is 5.56 Å². The summed E-state index contributed by atoms with van der Waals surface area (Å²) in [5.74, 6) is -1.72. The van der Waals surface area contributed by atoms with Crippen LogP contribution in [0.4, 0.5) is 15.3 Å². The van der Waals surface area contributed by atoms with Crippen LogP contribution in [0.5, 0.6) is 0 Å². The van der Waals surface area contributed by atoms with Gasteiger partial charge < -0.3 is 28.8 Å². The minimum Gasteiger partial charge on any atom is -0.457 e. The number of benzene rings is 1. The number of aromatic nitrogens is 2. The highest BCUT2D eigenvalue weighted by molar-refractivity contribution is 6.94. The van der Waals surface area contributed by atoms with Crippen LogP contribution in [0.3, 0.4) is 0 Å². The first-order valence-corrected chi connectivity index (χ1v) is 20.5. The smallest absolute Gasteiger partial charge is 0.412 e. The summed E-state index contributed by atoms with van der Waals surface area (Å²) in [4.78, 5) is 71.0. The molecule has 2 N–H and O–H groups in total. The van der Waals surface area contributed by atoms with Crippen molar-refractivity contribution in [2.75, 3.05) is 11.9 Å².